The summed E-state index contributed by atoms with van der Waals surface area (Å²) in [6.45, 7) is 2.73. The number of nitrogens with zero attached hydrogens (tertiary/aromatic N) is 1. The number of aromatic nitrogens is 1. The van der Waals surface area contributed by atoms with Crippen LogP contribution in [-0.2, 0) is 4.74 Å². The monoisotopic (exact) mass is 240 g/mol. The molecule has 0 radical (unpaired) electrons. The van der Waals surface area contributed by atoms with E-state index in [1.54, 1.807) is 23.1 Å². The summed E-state index contributed by atoms with van der Waals surface area (Å²) in [5, 5.41) is 0. The Hall–Kier alpha value is -0.780. The van der Waals surface area contributed by atoms with Crippen molar-refractivity contribution in [3.05, 3.63) is 18.2 Å². The fraction of sp³-hybridized carbons (Fsp3) is 0.300. The summed E-state index contributed by atoms with van der Waals surface area (Å²) in [6, 6.07) is 5.78. The quantitative estimate of drug-likeness (QED) is 0.386. The second kappa shape index (κ2) is 4.83. The van der Waals surface area contributed by atoms with Crippen LogP contribution < -0.4 is 5.73 Å². The topological polar surface area (TPSA) is 48.1 Å². The van der Waals surface area contributed by atoms with Gasteiger partial charge < -0.3 is 10.5 Å². The number of nitrogen functional groups attached to an aromatic ring is 1. The molecular weight excluding hydrogens is 228 g/mol. The molecule has 3 nitrogen and oxygen atoms in total. The van der Waals surface area contributed by atoms with Crippen LogP contribution in [-0.4, -0.2) is 17.5 Å². The molecule has 0 fully saturated rings. The van der Waals surface area contributed by atoms with E-state index in [2.05, 4.69) is 4.98 Å². The molecule has 0 spiro atoms. The first kappa shape index (κ1) is 10.7. The molecule has 0 saturated carbocycles. The summed E-state index contributed by atoms with van der Waals surface area (Å²) in [4.78, 5) is 4.47. The molecule has 0 aliphatic heterocycles. The van der Waals surface area contributed by atoms with E-state index in [1.807, 2.05) is 25.1 Å². The zero-order valence-corrected chi connectivity index (χ0v) is 10.0. The molecule has 0 amide bonds. The van der Waals surface area contributed by atoms with Crippen LogP contribution in [0, 0.1) is 0 Å². The number of benzene rings is 1. The van der Waals surface area contributed by atoms with Gasteiger partial charge in [-0.3, -0.25) is 0 Å². The van der Waals surface area contributed by atoms with Crippen molar-refractivity contribution in [1.29, 1.82) is 0 Å². The predicted molar refractivity (Wildman–Crippen MR) is 66.4 cm³/mol. The highest BCUT2D eigenvalue weighted by Gasteiger charge is 2.04. The van der Waals surface area contributed by atoms with Crippen molar-refractivity contribution in [3.63, 3.8) is 0 Å². The van der Waals surface area contributed by atoms with Gasteiger partial charge in [-0.15, -0.1) is 11.3 Å². The lowest BCUT2D eigenvalue weighted by atomic mass is 10.3. The third-order valence-corrected chi connectivity index (χ3v) is 3.90. The Morgan fingerprint density at radius 2 is 2.40 bits per heavy atom. The largest absolute Gasteiger partial charge is 0.399 e. The minimum atomic E-state index is 0.659. The van der Waals surface area contributed by atoms with Gasteiger partial charge in [-0.2, -0.15) is 0 Å². The molecule has 2 N–H and O–H groups in total. The summed E-state index contributed by atoms with van der Waals surface area (Å²) in [5.74, 6) is 0.659. The van der Waals surface area contributed by atoms with Crippen LogP contribution in [0.5, 0.6) is 0 Å². The molecule has 0 unspecified atom stereocenters. The molecule has 5 heteroatoms. The average molecular weight is 240 g/mol. The second-order valence-electron chi connectivity index (χ2n) is 2.96. The van der Waals surface area contributed by atoms with Crippen LogP contribution in [0.15, 0.2) is 22.5 Å². The highest BCUT2D eigenvalue weighted by molar-refractivity contribution is 8.01. The average Bonchev–Trinajstić information content (AvgIpc) is 2.60. The molecule has 1 aromatic heterocycles. The SMILES string of the molecule is CCOCSc1nc2ccc(N)cc2s1. The normalized spacial score (nSPS) is 11.0. The van der Waals surface area contributed by atoms with Gasteiger partial charge in [0.1, 0.15) is 0 Å². The van der Waals surface area contributed by atoms with Gasteiger partial charge >= 0.3 is 0 Å². The van der Waals surface area contributed by atoms with Crippen molar-refractivity contribution < 1.29 is 4.74 Å². The number of fused-ring (bicyclic) bond motifs is 1. The number of thiazole rings is 1. The molecule has 2 aromatic rings. The number of rotatable bonds is 4. The van der Waals surface area contributed by atoms with Gasteiger partial charge in [0.2, 0.25) is 0 Å². The van der Waals surface area contributed by atoms with Crippen LogP contribution in [0.4, 0.5) is 5.69 Å². The van der Waals surface area contributed by atoms with E-state index in [1.165, 1.54) is 0 Å². The first-order valence-corrected chi connectivity index (χ1v) is 6.46. The molecule has 0 aliphatic carbocycles. The summed E-state index contributed by atoms with van der Waals surface area (Å²) in [5.41, 5.74) is 7.49. The summed E-state index contributed by atoms with van der Waals surface area (Å²) in [6.07, 6.45) is 0. The number of hydrogen-bond donors (Lipinski definition) is 1. The molecule has 0 aliphatic rings. The van der Waals surface area contributed by atoms with Crippen molar-refractivity contribution in [3.8, 4) is 0 Å². The van der Waals surface area contributed by atoms with Gasteiger partial charge in [-0.25, -0.2) is 4.98 Å². The van der Waals surface area contributed by atoms with Gasteiger partial charge in [0.05, 0.1) is 16.2 Å². The van der Waals surface area contributed by atoms with E-state index < -0.39 is 0 Å². The molecule has 0 saturated heterocycles. The minimum absolute atomic E-state index is 0.659. The fourth-order valence-corrected chi connectivity index (χ4v) is 3.07. The summed E-state index contributed by atoms with van der Waals surface area (Å²) >= 11 is 3.27. The third-order valence-electron chi connectivity index (χ3n) is 1.86. The maximum absolute atomic E-state index is 5.70. The van der Waals surface area contributed by atoms with Gasteiger partial charge in [0.15, 0.2) is 4.34 Å². The Morgan fingerprint density at radius 3 is 3.20 bits per heavy atom. The van der Waals surface area contributed by atoms with Crippen LogP contribution in [0.1, 0.15) is 6.92 Å². The van der Waals surface area contributed by atoms with Gasteiger partial charge in [-0.05, 0) is 25.1 Å². The lowest BCUT2D eigenvalue weighted by Crippen LogP contribution is -1.86. The van der Waals surface area contributed by atoms with Crippen LogP contribution >= 0.6 is 23.1 Å². The standard InChI is InChI=1S/C10H12N2OS2/c1-2-13-6-14-10-12-8-4-3-7(11)5-9(8)15-10/h3-5H,2,6,11H2,1H3. The van der Waals surface area contributed by atoms with Crippen molar-refractivity contribution in [1.82, 2.24) is 4.98 Å². The van der Waals surface area contributed by atoms with Gasteiger partial charge in [-0.1, -0.05) is 11.8 Å². The van der Waals surface area contributed by atoms with E-state index in [9.17, 15) is 0 Å². The molecule has 15 heavy (non-hydrogen) atoms. The van der Waals surface area contributed by atoms with E-state index in [-0.39, 0.29) is 0 Å². The lowest BCUT2D eigenvalue weighted by molar-refractivity contribution is 0.199. The third kappa shape index (κ3) is 2.62. The molecular formula is C10H12N2OS2. The Balaban J connectivity index is 2.16. The molecule has 1 aromatic carbocycles. The van der Waals surface area contributed by atoms with Crippen molar-refractivity contribution >= 4 is 39.0 Å². The highest BCUT2D eigenvalue weighted by Crippen LogP contribution is 2.30. The Labute approximate surface area is 96.6 Å². The number of thioether (sulfide) groups is 1. The molecule has 0 atom stereocenters. The first-order valence-electron chi connectivity index (χ1n) is 4.66. The lowest BCUT2D eigenvalue weighted by Gasteiger charge is -1.95. The molecule has 2 rings (SSSR count). The van der Waals surface area contributed by atoms with Crippen molar-refractivity contribution in [2.75, 3.05) is 18.3 Å². The molecule has 80 valence electrons. The smallest absolute Gasteiger partial charge is 0.153 e. The van der Waals surface area contributed by atoms with Crippen molar-refractivity contribution in [2.24, 2.45) is 0 Å². The molecule has 1 heterocycles. The zero-order valence-electron chi connectivity index (χ0n) is 8.40. The number of anilines is 1. The van der Waals surface area contributed by atoms with Crippen LogP contribution in [0.3, 0.4) is 0 Å². The maximum Gasteiger partial charge on any atom is 0.153 e. The first-order chi connectivity index (χ1) is 7.29. The van der Waals surface area contributed by atoms with E-state index in [0.717, 1.165) is 26.9 Å². The Kier molecular flexibility index (Phi) is 3.45. The zero-order chi connectivity index (χ0) is 10.7. The highest BCUT2D eigenvalue weighted by atomic mass is 32.2. The van der Waals surface area contributed by atoms with E-state index >= 15 is 0 Å². The Morgan fingerprint density at radius 1 is 1.53 bits per heavy atom. The summed E-state index contributed by atoms with van der Waals surface area (Å²) < 4.78 is 7.43. The molecule has 0 bridgehead atoms. The van der Waals surface area contributed by atoms with Gasteiger partial charge in [0.25, 0.3) is 0 Å². The fourth-order valence-electron chi connectivity index (χ4n) is 1.16. The number of nitrogens with two attached hydrogens (primary N) is 1. The summed E-state index contributed by atoms with van der Waals surface area (Å²) in [7, 11) is 0. The van der Waals surface area contributed by atoms with E-state index in [0.29, 0.717) is 5.94 Å². The van der Waals surface area contributed by atoms with Crippen LogP contribution in [0.25, 0.3) is 10.2 Å². The number of hydrogen-bond acceptors (Lipinski definition) is 5. The van der Waals surface area contributed by atoms with Gasteiger partial charge in [0, 0.05) is 12.3 Å². The van der Waals surface area contributed by atoms with E-state index in [4.69, 9.17) is 10.5 Å². The number of ether oxygens (including phenoxy) is 1. The second-order valence-corrected chi connectivity index (χ2v) is 5.16. The van der Waals surface area contributed by atoms with Crippen molar-refractivity contribution in [2.45, 2.75) is 11.3 Å². The van der Waals surface area contributed by atoms with Crippen LogP contribution in [0.2, 0.25) is 0 Å². The Bertz CT molecular complexity index is 456. The predicted octanol–water partition coefficient (Wildman–Crippen LogP) is 2.96. The maximum atomic E-state index is 5.70. The minimum Gasteiger partial charge on any atom is -0.399 e.